The van der Waals surface area contributed by atoms with Gasteiger partial charge in [0.1, 0.15) is 0 Å². The van der Waals surface area contributed by atoms with Gasteiger partial charge in [-0.15, -0.1) is 0 Å². The van der Waals surface area contributed by atoms with E-state index in [1.54, 1.807) is 0 Å². The summed E-state index contributed by atoms with van der Waals surface area (Å²) in [6, 6.07) is 1.07. The van der Waals surface area contributed by atoms with Gasteiger partial charge in [-0.3, -0.25) is 4.90 Å². The van der Waals surface area contributed by atoms with Crippen molar-refractivity contribution in [3.63, 3.8) is 0 Å². The van der Waals surface area contributed by atoms with Crippen molar-refractivity contribution in [3.8, 4) is 0 Å². The van der Waals surface area contributed by atoms with Crippen LogP contribution in [0.3, 0.4) is 0 Å². The molecule has 0 aromatic carbocycles. The zero-order valence-electron chi connectivity index (χ0n) is 10.4. The first-order valence-corrected chi connectivity index (χ1v) is 5.74. The van der Waals surface area contributed by atoms with E-state index in [-0.39, 0.29) is 6.61 Å². The maximum absolute atomic E-state index is 9.12. The molecule has 0 heterocycles. The number of hydrogen-bond acceptors (Lipinski definition) is 4. The van der Waals surface area contributed by atoms with Crippen molar-refractivity contribution in [3.05, 3.63) is 0 Å². The number of aliphatic hydroxyl groups is 2. The van der Waals surface area contributed by atoms with Crippen LogP contribution in [0.15, 0.2) is 0 Å². The lowest BCUT2D eigenvalue weighted by Gasteiger charge is -2.30. The highest BCUT2D eigenvalue weighted by Crippen LogP contribution is 2.03. The Morgan fingerprint density at radius 1 is 1.13 bits per heavy atom. The highest BCUT2D eigenvalue weighted by Gasteiger charge is 2.12. The molecule has 0 aliphatic heterocycles. The average Bonchev–Trinajstić information content (AvgIpc) is 2.15. The summed E-state index contributed by atoms with van der Waals surface area (Å²) >= 11 is 0. The van der Waals surface area contributed by atoms with Crippen LogP contribution in [0.25, 0.3) is 0 Å². The van der Waals surface area contributed by atoms with Crippen LogP contribution in [0.4, 0.5) is 0 Å². The Hall–Kier alpha value is -0.160. The van der Waals surface area contributed by atoms with Crippen molar-refractivity contribution in [1.82, 2.24) is 10.2 Å². The number of nitrogens with one attached hydrogen (secondary N) is 1. The van der Waals surface area contributed by atoms with E-state index >= 15 is 0 Å². The molecule has 0 bridgehead atoms. The van der Waals surface area contributed by atoms with Gasteiger partial charge in [0, 0.05) is 31.7 Å². The maximum atomic E-state index is 9.12. The van der Waals surface area contributed by atoms with Gasteiger partial charge in [0.2, 0.25) is 0 Å². The zero-order valence-corrected chi connectivity index (χ0v) is 10.4. The Balaban J connectivity index is 3.63. The molecule has 0 fully saturated rings. The van der Waals surface area contributed by atoms with Crippen molar-refractivity contribution in [1.29, 1.82) is 0 Å². The van der Waals surface area contributed by atoms with Crippen molar-refractivity contribution in [2.75, 3.05) is 26.2 Å². The van der Waals surface area contributed by atoms with Crippen LogP contribution in [0, 0.1) is 0 Å². The molecule has 0 rings (SSSR count). The molecule has 0 saturated carbocycles. The normalized spacial score (nSPS) is 14.2. The molecule has 92 valence electrons. The average molecular weight is 218 g/mol. The van der Waals surface area contributed by atoms with E-state index in [4.69, 9.17) is 10.2 Å². The minimum atomic E-state index is -0.642. The van der Waals surface area contributed by atoms with Crippen LogP contribution in [-0.2, 0) is 0 Å². The van der Waals surface area contributed by atoms with E-state index in [1.807, 2.05) is 0 Å². The van der Waals surface area contributed by atoms with Crippen molar-refractivity contribution < 1.29 is 10.2 Å². The lowest BCUT2D eigenvalue weighted by Crippen LogP contribution is -2.42. The second-order valence-electron chi connectivity index (χ2n) is 4.47. The van der Waals surface area contributed by atoms with E-state index in [0.29, 0.717) is 18.6 Å². The molecular formula is C11H26N2O2. The summed E-state index contributed by atoms with van der Waals surface area (Å²) in [6.07, 6.45) is -0.642. The number of aliphatic hydroxyl groups excluding tert-OH is 2. The quantitative estimate of drug-likeness (QED) is 0.504. The topological polar surface area (TPSA) is 55.7 Å². The minimum Gasteiger partial charge on any atom is -0.394 e. The van der Waals surface area contributed by atoms with Gasteiger partial charge < -0.3 is 15.5 Å². The third-order valence-electron chi connectivity index (χ3n) is 2.46. The summed E-state index contributed by atoms with van der Waals surface area (Å²) in [4.78, 5) is 2.39. The molecular weight excluding hydrogens is 192 g/mol. The predicted molar refractivity (Wildman–Crippen MR) is 62.9 cm³/mol. The van der Waals surface area contributed by atoms with E-state index in [1.165, 1.54) is 0 Å². The van der Waals surface area contributed by atoms with E-state index in [2.05, 4.69) is 37.9 Å². The number of rotatable bonds is 8. The van der Waals surface area contributed by atoms with Crippen LogP contribution in [0.5, 0.6) is 0 Å². The summed E-state index contributed by atoms with van der Waals surface area (Å²) in [5.74, 6) is 0. The number of nitrogens with zero attached hydrogens (tertiary/aromatic N) is 1. The van der Waals surface area contributed by atoms with Crippen LogP contribution < -0.4 is 5.32 Å². The molecule has 0 aromatic heterocycles. The smallest absolute Gasteiger partial charge is 0.0894 e. The standard InChI is InChI=1S/C11H26N2O2/c1-9(2)13(10(3)4)6-5-12-7-11(15)8-14/h9-12,14-15H,5-8H2,1-4H3. The predicted octanol–water partition coefficient (Wildman–Crippen LogP) is 0.0480. The van der Waals surface area contributed by atoms with Crippen LogP contribution >= 0.6 is 0 Å². The monoisotopic (exact) mass is 218 g/mol. The molecule has 4 heteroatoms. The third-order valence-corrected chi connectivity index (χ3v) is 2.46. The van der Waals surface area contributed by atoms with Gasteiger partial charge in [-0.1, -0.05) is 0 Å². The fourth-order valence-corrected chi connectivity index (χ4v) is 1.65. The molecule has 0 radical (unpaired) electrons. The summed E-state index contributed by atoms with van der Waals surface area (Å²) in [7, 11) is 0. The molecule has 4 nitrogen and oxygen atoms in total. The molecule has 0 aliphatic carbocycles. The van der Waals surface area contributed by atoms with Gasteiger partial charge in [0.05, 0.1) is 12.7 Å². The second-order valence-corrected chi connectivity index (χ2v) is 4.47. The Morgan fingerprint density at radius 2 is 1.67 bits per heavy atom. The van der Waals surface area contributed by atoms with E-state index in [0.717, 1.165) is 13.1 Å². The number of hydrogen-bond donors (Lipinski definition) is 3. The molecule has 0 aromatic rings. The Bertz CT molecular complexity index is 144. The third kappa shape index (κ3) is 6.84. The van der Waals surface area contributed by atoms with Gasteiger partial charge in [0.25, 0.3) is 0 Å². The van der Waals surface area contributed by atoms with Crippen molar-refractivity contribution >= 4 is 0 Å². The van der Waals surface area contributed by atoms with Gasteiger partial charge in [0.15, 0.2) is 0 Å². The highest BCUT2D eigenvalue weighted by molar-refractivity contribution is 4.68. The molecule has 15 heavy (non-hydrogen) atoms. The molecule has 0 amide bonds. The Kier molecular flexibility index (Phi) is 7.96. The van der Waals surface area contributed by atoms with Crippen molar-refractivity contribution in [2.24, 2.45) is 0 Å². The summed E-state index contributed by atoms with van der Waals surface area (Å²) < 4.78 is 0. The van der Waals surface area contributed by atoms with Gasteiger partial charge in [-0.2, -0.15) is 0 Å². The van der Waals surface area contributed by atoms with Crippen molar-refractivity contribution in [2.45, 2.75) is 45.9 Å². The lowest BCUT2D eigenvalue weighted by molar-refractivity contribution is 0.0925. The van der Waals surface area contributed by atoms with Crippen LogP contribution in [0.1, 0.15) is 27.7 Å². The fraction of sp³-hybridized carbons (Fsp3) is 1.00. The molecule has 1 atom stereocenters. The maximum Gasteiger partial charge on any atom is 0.0894 e. The molecule has 3 N–H and O–H groups in total. The summed E-state index contributed by atoms with van der Waals surface area (Å²) in [5.41, 5.74) is 0. The fourth-order valence-electron chi connectivity index (χ4n) is 1.65. The Labute approximate surface area is 93.3 Å². The first-order valence-electron chi connectivity index (χ1n) is 5.74. The SMILES string of the molecule is CC(C)N(CCNCC(O)CO)C(C)C. The Morgan fingerprint density at radius 3 is 2.07 bits per heavy atom. The summed E-state index contributed by atoms with van der Waals surface area (Å²) in [5, 5.41) is 20.9. The second kappa shape index (κ2) is 8.05. The lowest BCUT2D eigenvalue weighted by atomic mass is 10.2. The summed E-state index contributed by atoms with van der Waals surface area (Å²) in [6.45, 7) is 10.8. The van der Waals surface area contributed by atoms with Crippen LogP contribution in [0.2, 0.25) is 0 Å². The first kappa shape index (κ1) is 14.8. The van der Waals surface area contributed by atoms with Gasteiger partial charge in [-0.05, 0) is 27.7 Å². The molecule has 0 aliphatic rings. The van der Waals surface area contributed by atoms with E-state index in [9.17, 15) is 0 Å². The molecule has 0 spiro atoms. The molecule has 1 unspecified atom stereocenters. The van der Waals surface area contributed by atoms with Gasteiger partial charge in [-0.25, -0.2) is 0 Å². The molecule has 0 saturated heterocycles. The van der Waals surface area contributed by atoms with Crippen LogP contribution in [-0.4, -0.2) is 59.5 Å². The largest absolute Gasteiger partial charge is 0.394 e. The first-order chi connectivity index (χ1) is 6.99. The minimum absolute atomic E-state index is 0.176. The van der Waals surface area contributed by atoms with Gasteiger partial charge >= 0.3 is 0 Å². The zero-order chi connectivity index (χ0) is 11.8. The van der Waals surface area contributed by atoms with E-state index < -0.39 is 6.10 Å². The highest BCUT2D eigenvalue weighted by atomic mass is 16.3.